The quantitative estimate of drug-likeness (QED) is 0.691. The summed E-state index contributed by atoms with van der Waals surface area (Å²) in [7, 11) is 0. The van der Waals surface area contributed by atoms with E-state index >= 15 is 0 Å². The van der Waals surface area contributed by atoms with E-state index in [9.17, 15) is 9.18 Å². The van der Waals surface area contributed by atoms with Crippen LogP contribution in [0.3, 0.4) is 0 Å². The van der Waals surface area contributed by atoms with Gasteiger partial charge in [-0.2, -0.15) is 0 Å². The maximum Gasteiger partial charge on any atom is 0.230 e. The number of anilines is 2. The van der Waals surface area contributed by atoms with Crippen LogP contribution in [0, 0.1) is 18.7 Å². The Labute approximate surface area is 172 Å². The zero-order valence-corrected chi connectivity index (χ0v) is 17.0. The summed E-state index contributed by atoms with van der Waals surface area (Å²) in [6, 6.07) is 10.2. The predicted molar refractivity (Wildman–Crippen MR) is 112 cm³/mol. The van der Waals surface area contributed by atoms with Gasteiger partial charge >= 0.3 is 0 Å². The highest BCUT2D eigenvalue weighted by Crippen LogP contribution is 2.27. The van der Waals surface area contributed by atoms with E-state index in [1.165, 1.54) is 23.5 Å². The topological polar surface area (TPSA) is 71.0 Å². The molecule has 1 unspecified atom stereocenters. The summed E-state index contributed by atoms with van der Waals surface area (Å²) in [5.74, 6) is 0.207. The number of benzene rings is 1. The van der Waals surface area contributed by atoms with Crippen LogP contribution in [-0.2, 0) is 11.2 Å². The van der Waals surface area contributed by atoms with Crippen molar-refractivity contribution in [2.45, 2.75) is 26.2 Å². The normalized spacial score (nSPS) is 16.6. The number of aromatic nitrogens is 3. The number of carbonyl (C=O) groups excluding carboxylic acids is 1. The minimum absolute atomic E-state index is 0.0119. The number of pyridine rings is 1. The summed E-state index contributed by atoms with van der Waals surface area (Å²) in [5.41, 5.74) is 2.05. The fraction of sp³-hybridized carbons (Fsp3) is 0.333. The second-order valence-corrected chi connectivity index (χ2v) is 8.32. The van der Waals surface area contributed by atoms with Gasteiger partial charge in [-0.3, -0.25) is 4.79 Å². The molecule has 3 aromatic rings. The third-order valence-electron chi connectivity index (χ3n) is 4.95. The molecule has 2 aromatic heterocycles. The number of rotatable bonds is 5. The average Bonchev–Trinajstić information content (AvgIpc) is 3.20. The van der Waals surface area contributed by atoms with E-state index in [-0.39, 0.29) is 17.6 Å². The number of aryl methyl sites for hydroxylation is 1. The van der Waals surface area contributed by atoms with Gasteiger partial charge in [-0.1, -0.05) is 29.5 Å². The lowest BCUT2D eigenvalue weighted by atomic mass is 9.97. The molecule has 1 aliphatic heterocycles. The third kappa shape index (κ3) is 4.95. The molecule has 0 radical (unpaired) electrons. The molecule has 1 atom stereocenters. The number of nitrogens with zero attached hydrogens (tertiary/aromatic N) is 4. The van der Waals surface area contributed by atoms with E-state index in [0.717, 1.165) is 40.7 Å². The first kappa shape index (κ1) is 19.4. The zero-order chi connectivity index (χ0) is 20.2. The molecule has 1 aromatic carbocycles. The van der Waals surface area contributed by atoms with Crippen LogP contribution in [0.5, 0.6) is 0 Å². The fourth-order valence-corrected chi connectivity index (χ4v) is 4.26. The second-order valence-electron chi connectivity index (χ2n) is 7.28. The largest absolute Gasteiger partial charge is 0.346 e. The third-order valence-corrected chi connectivity index (χ3v) is 5.93. The molecule has 6 nitrogen and oxygen atoms in total. The lowest BCUT2D eigenvalue weighted by molar-refractivity contribution is -0.120. The molecule has 0 spiro atoms. The molecule has 150 valence electrons. The zero-order valence-electron chi connectivity index (χ0n) is 16.1. The van der Waals surface area contributed by atoms with E-state index in [2.05, 4.69) is 25.4 Å². The molecule has 1 saturated heterocycles. The Kier molecular flexibility index (Phi) is 5.80. The predicted octanol–water partition coefficient (Wildman–Crippen LogP) is 3.83. The van der Waals surface area contributed by atoms with Crippen molar-refractivity contribution in [3.8, 4) is 0 Å². The number of piperidine rings is 1. The van der Waals surface area contributed by atoms with Crippen molar-refractivity contribution in [3.63, 3.8) is 0 Å². The highest BCUT2D eigenvalue weighted by Gasteiger charge is 2.28. The average molecular weight is 412 g/mol. The molecule has 1 N–H and O–H groups in total. The van der Waals surface area contributed by atoms with Crippen molar-refractivity contribution < 1.29 is 9.18 Å². The van der Waals surface area contributed by atoms with Crippen molar-refractivity contribution in [1.82, 2.24) is 15.2 Å². The van der Waals surface area contributed by atoms with Crippen molar-refractivity contribution in [2.24, 2.45) is 5.92 Å². The van der Waals surface area contributed by atoms with Gasteiger partial charge in [0.25, 0.3) is 0 Å². The van der Waals surface area contributed by atoms with Gasteiger partial charge in [0.15, 0.2) is 0 Å². The van der Waals surface area contributed by atoms with Gasteiger partial charge in [-0.25, -0.2) is 9.37 Å². The summed E-state index contributed by atoms with van der Waals surface area (Å²) in [6.07, 6.45) is 4.13. The minimum Gasteiger partial charge on any atom is -0.346 e. The maximum absolute atomic E-state index is 13.1. The van der Waals surface area contributed by atoms with E-state index in [1.54, 1.807) is 18.3 Å². The summed E-state index contributed by atoms with van der Waals surface area (Å²) >= 11 is 1.52. The second kappa shape index (κ2) is 8.65. The molecule has 8 heteroatoms. The molecule has 0 aliphatic carbocycles. The van der Waals surface area contributed by atoms with Crippen LogP contribution in [0.25, 0.3) is 0 Å². The van der Waals surface area contributed by atoms with Gasteiger partial charge in [-0.15, -0.1) is 10.2 Å². The number of hydrogen-bond donors (Lipinski definition) is 1. The van der Waals surface area contributed by atoms with Crippen LogP contribution in [0.15, 0.2) is 42.6 Å². The van der Waals surface area contributed by atoms with Crippen LogP contribution in [0.4, 0.5) is 15.3 Å². The number of amides is 1. The smallest absolute Gasteiger partial charge is 0.230 e. The Balaban J connectivity index is 1.38. The number of carbonyl (C=O) groups is 1. The molecule has 1 aliphatic rings. The van der Waals surface area contributed by atoms with Crippen molar-refractivity contribution in [2.75, 3.05) is 23.3 Å². The van der Waals surface area contributed by atoms with Crippen molar-refractivity contribution in [3.05, 3.63) is 64.5 Å². The van der Waals surface area contributed by atoms with E-state index in [1.807, 2.05) is 19.1 Å². The van der Waals surface area contributed by atoms with E-state index < -0.39 is 0 Å². The Hall–Kier alpha value is -2.87. The lowest BCUT2D eigenvalue weighted by Crippen LogP contribution is -2.40. The van der Waals surface area contributed by atoms with Crippen LogP contribution in [0.2, 0.25) is 0 Å². The van der Waals surface area contributed by atoms with Crippen LogP contribution >= 0.6 is 11.3 Å². The summed E-state index contributed by atoms with van der Waals surface area (Å²) in [5, 5.41) is 13.2. The van der Waals surface area contributed by atoms with Gasteiger partial charge in [0.2, 0.25) is 11.0 Å². The van der Waals surface area contributed by atoms with Crippen molar-refractivity contribution >= 4 is 28.2 Å². The molecular formula is C21H22FN5OS. The number of nitrogens with one attached hydrogen (secondary N) is 1. The van der Waals surface area contributed by atoms with Gasteiger partial charge in [0.1, 0.15) is 16.6 Å². The molecule has 0 bridgehead atoms. The summed E-state index contributed by atoms with van der Waals surface area (Å²) in [4.78, 5) is 19.0. The lowest BCUT2D eigenvalue weighted by Gasteiger charge is -2.31. The maximum atomic E-state index is 13.1. The molecule has 3 heterocycles. The molecule has 1 fully saturated rings. The first-order valence-corrected chi connectivity index (χ1v) is 10.4. The SMILES string of the molecule is Cc1ccc(NC(=O)C2CCCN(c3nnc(Cc4ccc(F)cc4)s3)C2)nc1. The molecule has 29 heavy (non-hydrogen) atoms. The number of halogens is 1. The highest BCUT2D eigenvalue weighted by atomic mass is 32.1. The Bertz CT molecular complexity index is 973. The van der Waals surface area contributed by atoms with Crippen LogP contribution in [0.1, 0.15) is 29.0 Å². The number of hydrogen-bond acceptors (Lipinski definition) is 6. The molecule has 0 saturated carbocycles. The summed E-state index contributed by atoms with van der Waals surface area (Å²) in [6.45, 7) is 3.44. The Morgan fingerprint density at radius 3 is 2.83 bits per heavy atom. The monoisotopic (exact) mass is 411 g/mol. The van der Waals surface area contributed by atoms with Gasteiger partial charge in [0, 0.05) is 25.7 Å². The van der Waals surface area contributed by atoms with Crippen LogP contribution < -0.4 is 10.2 Å². The van der Waals surface area contributed by atoms with Gasteiger partial charge in [-0.05, 0) is 49.1 Å². The molecular weight excluding hydrogens is 389 g/mol. The minimum atomic E-state index is -0.245. The van der Waals surface area contributed by atoms with Crippen molar-refractivity contribution in [1.29, 1.82) is 0 Å². The first-order chi connectivity index (χ1) is 14.1. The van der Waals surface area contributed by atoms with E-state index in [4.69, 9.17) is 0 Å². The highest BCUT2D eigenvalue weighted by molar-refractivity contribution is 7.15. The summed E-state index contributed by atoms with van der Waals surface area (Å²) < 4.78 is 13.1. The first-order valence-electron chi connectivity index (χ1n) is 9.62. The van der Waals surface area contributed by atoms with Gasteiger partial charge < -0.3 is 10.2 Å². The Morgan fingerprint density at radius 2 is 2.07 bits per heavy atom. The standard InChI is InChI=1S/C21H22FN5OS/c1-14-4-9-18(23-12-14)24-20(28)16-3-2-10-27(13-16)21-26-25-19(29-21)11-15-5-7-17(22)8-6-15/h4-9,12,16H,2-3,10-11,13H2,1H3,(H,23,24,28). The Morgan fingerprint density at radius 1 is 1.24 bits per heavy atom. The van der Waals surface area contributed by atoms with Gasteiger partial charge in [0.05, 0.1) is 5.92 Å². The fourth-order valence-electron chi connectivity index (χ4n) is 3.36. The molecule has 1 amide bonds. The van der Waals surface area contributed by atoms with Crippen LogP contribution in [-0.4, -0.2) is 34.2 Å². The van der Waals surface area contributed by atoms with E-state index in [0.29, 0.717) is 18.8 Å². The molecule has 4 rings (SSSR count).